The highest BCUT2D eigenvalue weighted by molar-refractivity contribution is 8.14. The van der Waals surface area contributed by atoms with Crippen LogP contribution in [0.2, 0.25) is 0 Å². The maximum Gasteiger partial charge on any atom is 0.157 e. The van der Waals surface area contributed by atoms with Crippen molar-refractivity contribution in [1.29, 1.82) is 0 Å². The second-order valence-corrected chi connectivity index (χ2v) is 7.79. The van der Waals surface area contributed by atoms with E-state index in [1.54, 1.807) is 0 Å². The zero-order valence-electron chi connectivity index (χ0n) is 13.2. The zero-order chi connectivity index (χ0) is 14.7. The number of hydrogen-bond acceptors (Lipinski definition) is 2. The standard InChI is InChI=1S/C18H26N2S/c1-14-5-3-7-16(11-14)8-10-19-17-20-18(13-21-17)9-4-6-15(2)12-18/h3,5,7,11,15H,4,6,8-10,12-13H2,1-2H3,(H,19,20). The summed E-state index contributed by atoms with van der Waals surface area (Å²) in [5.74, 6) is 2.07. The maximum absolute atomic E-state index is 4.79. The van der Waals surface area contributed by atoms with E-state index in [1.165, 1.54) is 47.7 Å². The zero-order valence-corrected chi connectivity index (χ0v) is 14.0. The number of aliphatic imine (C=N–C) groups is 1. The van der Waals surface area contributed by atoms with Crippen LogP contribution in [-0.4, -0.2) is 23.0 Å². The number of hydrogen-bond donors (Lipinski definition) is 1. The molecule has 2 aliphatic rings. The van der Waals surface area contributed by atoms with Crippen LogP contribution in [0.4, 0.5) is 0 Å². The summed E-state index contributed by atoms with van der Waals surface area (Å²) in [6.45, 7) is 5.43. The van der Waals surface area contributed by atoms with E-state index in [2.05, 4.69) is 43.4 Å². The van der Waals surface area contributed by atoms with Gasteiger partial charge in [0.1, 0.15) is 0 Å². The van der Waals surface area contributed by atoms with Crippen LogP contribution in [-0.2, 0) is 6.42 Å². The van der Waals surface area contributed by atoms with Gasteiger partial charge in [0.25, 0.3) is 0 Å². The van der Waals surface area contributed by atoms with Crippen molar-refractivity contribution in [2.45, 2.75) is 51.5 Å². The third-order valence-electron chi connectivity index (χ3n) is 4.69. The lowest BCUT2D eigenvalue weighted by Gasteiger charge is -2.36. The van der Waals surface area contributed by atoms with Gasteiger partial charge in [0.2, 0.25) is 0 Å². The number of amidine groups is 1. The van der Waals surface area contributed by atoms with Crippen LogP contribution in [0.5, 0.6) is 0 Å². The third-order valence-corrected chi connectivity index (χ3v) is 5.89. The molecule has 0 amide bonds. The van der Waals surface area contributed by atoms with Crippen molar-refractivity contribution in [2.24, 2.45) is 10.9 Å². The Morgan fingerprint density at radius 3 is 3.14 bits per heavy atom. The van der Waals surface area contributed by atoms with Gasteiger partial charge in [-0.3, -0.25) is 4.99 Å². The van der Waals surface area contributed by atoms with Gasteiger partial charge >= 0.3 is 0 Å². The van der Waals surface area contributed by atoms with Crippen LogP contribution < -0.4 is 5.32 Å². The maximum atomic E-state index is 4.79. The molecule has 2 atom stereocenters. The molecule has 0 aromatic heterocycles. The quantitative estimate of drug-likeness (QED) is 0.906. The van der Waals surface area contributed by atoms with E-state index in [1.807, 2.05) is 11.8 Å². The lowest BCUT2D eigenvalue weighted by molar-refractivity contribution is 0.242. The molecule has 1 N–H and O–H groups in total. The largest absolute Gasteiger partial charge is 0.359 e. The Bertz CT molecular complexity index is 526. The van der Waals surface area contributed by atoms with Crippen LogP contribution in [0, 0.1) is 12.8 Å². The number of aryl methyl sites for hydroxylation is 1. The van der Waals surface area contributed by atoms with Gasteiger partial charge < -0.3 is 5.32 Å². The van der Waals surface area contributed by atoms with E-state index in [9.17, 15) is 0 Å². The van der Waals surface area contributed by atoms with E-state index >= 15 is 0 Å². The van der Waals surface area contributed by atoms with Crippen LogP contribution in [0.25, 0.3) is 0 Å². The SMILES string of the molecule is Cc1cccc(CCN=C2NC3(CCCC(C)C3)CS2)c1. The van der Waals surface area contributed by atoms with Crippen molar-refractivity contribution in [3.8, 4) is 0 Å². The highest BCUT2D eigenvalue weighted by Crippen LogP contribution is 2.38. The summed E-state index contributed by atoms with van der Waals surface area (Å²) in [5, 5.41) is 4.92. The highest BCUT2D eigenvalue weighted by Gasteiger charge is 2.40. The van der Waals surface area contributed by atoms with Crippen LogP contribution in [0.15, 0.2) is 29.3 Å². The average Bonchev–Trinajstić information content (AvgIpc) is 2.81. The molecule has 1 heterocycles. The van der Waals surface area contributed by atoms with Crippen molar-refractivity contribution >= 4 is 16.9 Å². The molecule has 3 heteroatoms. The molecule has 2 nitrogen and oxygen atoms in total. The molecule has 2 fully saturated rings. The summed E-state index contributed by atoms with van der Waals surface area (Å²) in [6.07, 6.45) is 6.44. The minimum atomic E-state index is 0.352. The minimum absolute atomic E-state index is 0.352. The molecule has 114 valence electrons. The van der Waals surface area contributed by atoms with Gasteiger partial charge in [-0.25, -0.2) is 0 Å². The summed E-state index contributed by atoms with van der Waals surface area (Å²) in [5.41, 5.74) is 3.08. The van der Waals surface area contributed by atoms with E-state index in [4.69, 9.17) is 4.99 Å². The number of benzene rings is 1. The Labute approximate surface area is 132 Å². The van der Waals surface area contributed by atoms with E-state index in [0.29, 0.717) is 5.54 Å². The molecule has 3 rings (SSSR count). The molecule has 1 saturated heterocycles. The molecule has 1 aromatic carbocycles. The first-order valence-electron chi connectivity index (χ1n) is 8.16. The molecular weight excluding hydrogens is 276 g/mol. The van der Waals surface area contributed by atoms with Crippen LogP contribution in [0.1, 0.15) is 43.7 Å². The van der Waals surface area contributed by atoms with E-state index in [0.717, 1.165) is 18.9 Å². The number of rotatable bonds is 3. The van der Waals surface area contributed by atoms with Crippen molar-refractivity contribution < 1.29 is 0 Å². The molecule has 1 aliphatic heterocycles. The molecule has 1 spiro atoms. The fourth-order valence-corrected chi connectivity index (χ4v) is 4.87. The van der Waals surface area contributed by atoms with Gasteiger partial charge in [-0.1, -0.05) is 61.4 Å². The predicted octanol–water partition coefficient (Wildman–Crippen LogP) is 4.18. The van der Waals surface area contributed by atoms with Gasteiger partial charge in [0, 0.05) is 17.8 Å². The van der Waals surface area contributed by atoms with Crippen molar-refractivity contribution in [2.75, 3.05) is 12.3 Å². The summed E-state index contributed by atoms with van der Waals surface area (Å²) in [6, 6.07) is 8.75. The summed E-state index contributed by atoms with van der Waals surface area (Å²) >= 11 is 1.93. The Kier molecular flexibility index (Phi) is 4.58. The fourth-order valence-electron chi connectivity index (χ4n) is 3.65. The molecule has 1 aromatic rings. The monoisotopic (exact) mass is 302 g/mol. The van der Waals surface area contributed by atoms with Crippen molar-refractivity contribution in [1.82, 2.24) is 5.32 Å². The Morgan fingerprint density at radius 1 is 1.43 bits per heavy atom. The minimum Gasteiger partial charge on any atom is -0.359 e. The smallest absolute Gasteiger partial charge is 0.157 e. The normalized spacial score (nSPS) is 30.8. The first kappa shape index (κ1) is 15.0. The molecule has 0 bridgehead atoms. The van der Waals surface area contributed by atoms with Crippen LogP contribution in [0.3, 0.4) is 0 Å². The van der Waals surface area contributed by atoms with Gasteiger partial charge in [0.05, 0.1) is 0 Å². The van der Waals surface area contributed by atoms with Gasteiger partial charge in [-0.05, 0) is 37.7 Å². The summed E-state index contributed by atoms with van der Waals surface area (Å²) in [4.78, 5) is 4.79. The Morgan fingerprint density at radius 2 is 2.33 bits per heavy atom. The second-order valence-electron chi connectivity index (χ2n) is 6.82. The first-order valence-corrected chi connectivity index (χ1v) is 9.15. The Hall–Kier alpha value is -0.960. The summed E-state index contributed by atoms with van der Waals surface area (Å²) in [7, 11) is 0. The third kappa shape index (κ3) is 3.82. The molecule has 1 saturated carbocycles. The topological polar surface area (TPSA) is 24.4 Å². The highest BCUT2D eigenvalue weighted by atomic mass is 32.2. The second kappa shape index (κ2) is 6.43. The number of nitrogens with one attached hydrogen (secondary N) is 1. The molecular formula is C18H26N2S. The number of thioether (sulfide) groups is 1. The van der Waals surface area contributed by atoms with Crippen molar-refractivity contribution in [3.05, 3.63) is 35.4 Å². The van der Waals surface area contributed by atoms with Crippen LogP contribution >= 0.6 is 11.8 Å². The lowest BCUT2D eigenvalue weighted by atomic mass is 9.78. The predicted molar refractivity (Wildman–Crippen MR) is 93.1 cm³/mol. The fraction of sp³-hybridized carbons (Fsp3) is 0.611. The van der Waals surface area contributed by atoms with Gasteiger partial charge in [-0.2, -0.15) is 0 Å². The van der Waals surface area contributed by atoms with Gasteiger partial charge in [-0.15, -0.1) is 0 Å². The first-order chi connectivity index (χ1) is 10.2. The van der Waals surface area contributed by atoms with Gasteiger partial charge in [0.15, 0.2) is 5.17 Å². The molecule has 2 unspecified atom stereocenters. The lowest BCUT2D eigenvalue weighted by Crippen LogP contribution is -2.47. The summed E-state index contributed by atoms with van der Waals surface area (Å²) < 4.78 is 0. The van der Waals surface area contributed by atoms with E-state index in [-0.39, 0.29) is 0 Å². The number of nitrogens with zero attached hydrogens (tertiary/aromatic N) is 1. The molecule has 1 aliphatic carbocycles. The Balaban J connectivity index is 1.54. The van der Waals surface area contributed by atoms with E-state index < -0.39 is 0 Å². The van der Waals surface area contributed by atoms with Crippen molar-refractivity contribution in [3.63, 3.8) is 0 Å². The average molecular weight is 302 g/mol. The molecule has 21 heavy (non-hydrogen) atoms. The molecule has 0 radical (unpaired) electrons.